The SMILES string of the molecule is CCCCc1ccc([C@@H]2CO[C@@H](c3ccc(C)cc3)CO2)cc1. The zero-order valence-corrected chi connectivity index (χ0v) is 14.1. The predicted octanol–water partition coefficient (Wildman–Crippen LogP) is 5.17. The van der Waals surface area contributed by atoms with E-state index in [0.717, 1.165) is 6.42 Å². The molecule has 0 spiro atoms. The molecule has 2 atom stereocenters. The van der Waals surface area contributed by atoms with Gasteiger partial charge in [-0.1, -0.05) is 67.4 Å². The molecule has 0 bridgehead atoms. The van der Waals surface area contributed by atoms with Gasteiger partial charge in [-0.3, -0.25) is 0 Å². The number of hydrogen-bond acceptors (Lipinski definition) is 2. The Morgan fingerprint density at radius 3 is 1.83 bits per heavy atom. The van der Waals surface area contributed by atoms with Crippen molar-refractivity contribution in [1.29, 1.82) is 0 Å². The molecule has 1 fully saturated rings. The molecule has 1 aliphatic heterocycles. The molecule has 23 heavy (non-hydrogen) atoms. The molecule has 0 unspecified atom stereocenters. The highest BCUT2D eigenvalue weighted by Crippen LogP contribution is 2.30. The van der Waals surface area contributed by atoms with Crippen LogP contribution in [0.25, 0.3) is 0 Å². The number of benzene rings is 2. The van der Waals surface area contributed by atoms with Crippen LogP contribution in [0, 0.1) is 6.92 Å². The number of hydrogen-bond donors (Lipinski definition) is 0. The molecular formula is C21H26O2. The van der Waals surface area contributed by atoms with Crippen LogP contribution in [-0.2, 0) is 15.9 Å². The van der Waals surface area contributed by atoms with Gasteiger partial charge < -0.3 is 9.47 Å². The van der Waals surface area contributed by atoms with Crippen LogP contribution < -0.4 is 0 Å². The van der Waals surface area contributed by atoms with Gasteiger partial charge in [0.15, 0.2) is 0 Å². The van der Waals surface area contributed by atoms with E-state index in [2.05, 4.69) is 62.4 Å². The number of ether oxygens (including phenoxy) is 2. The quantitative estimate of drug-likeness (QED) is 0.759. The van der Waals surface area contributed by atoms with E-state index in [1.54, 1.807) is 0 Å². The van der Waals surface area contributed by atoms with Crippen LogP contribution in [0.15, 0.2) is 48.5 Å². The van der Waals surface area contributed by atoms with Crippen LogP contribution in [0.1, 0.15) is 54.2 Å². The summed E-state index contributed by atoms with van der Waals surface area (Å²) in [6, 6.07) is 17.3. The minimum absolute atomic E-state index is 0.0516. The summed E-state index contributed by atoms with van der Waals surface area (Å²) in [5.74, 6) is 0. The lowest BCUT2D eigenvalue weighted by Crippen LogP contribution is -2.25. The third-order valence-electron chi connectivity index (χ3n) is 4.52. The van der Waals surface area contributed by atoms with Crippen molar-refractivity contribution in [2.24, 2.45) is 0 Å². The van der Waals surface area contributed by atoms with E-state index < -0.39 is 0 Å². The molecule has 2 aromatic carbocycles. The normalized spacial score (nSPS) is 21.3. The molecule has 0 amide bonds. The third-order valence-corrected chi connectivity index (χ3v) is 4.52. The van der Waals surface area contributed by atoms with E-state index in [9.17, 15) is 0 Å². The van der Waals surface area contributed by atoms with E-state index >= 15 is 0 Å². The van der Waals surface area contributed by atoms with Crippen LogP contribution in [0.4, 0.5) is 0 Å². The van der Waals surface area contributed by atoms with Gasteiger partial charge in [-0.15, -0.1) is 0 Å². The molecule has 1 aliphatic rings. The second-order valence-electron chi connectivity index (χ2n) is 6.40. The average Bonchev–Trinajstić information content (AvgIpc) is 2.61. The zero-order chi connectivity index (χ0) is 16.1. The standard InChI is InChI=1S/C21H26O2/c1-3-4-5-17-8-12-19(13-9-17)21-15-22-20(14-23-21)18-10-6-16(2)7-11-18/h6-13,20-21H,3-5,14-15H2,1-2H3/t20-,21+/m1/s1. The largest absolute Gasteiger partial charge is 0.368 e. The van der Waals surface area contributed by atoms with E-state index in [1.807, 2.05) is 0 Å². The highest BCUT2D eigenvalue weighted by atomic mass is 16.6. The van der Waals surface area contributed by atoms with Crippen molar-refractivity contribution in [3.8, 4) is 0 Å². The van der Waals surface area contributed by atoms with Crippen molar-refractivity contribution in [3.05, 3.63) is 70.8 Å². The van der Waals surface area contributed by atoms with Crippen molar-refractivity contribution in [3.63, 3.8) is 0 Å². The molecule has 0 N–H and O–H groups in total. The minimum Gasteiger partial charge on any atom is -0.368 e. The first-order chi connectivity index (χ1) is 11.3. The minimum atomic E-state index is 0.0516. The summed E-state index contributed by atoms with van der Waals surface area (Å²) >= 11 is 0. The van der Waals surface area contributed by atoms with Crippen LogP contribution in [0.2, 0.25) is 0 Å². The van der Waals surface area contributed by atoms with Crippen molar-refractivity contribution in [2.45, 2.75) is 45.3 Å². The zero-order valence-electron chi connectivity index (χ0n) is 14.1. The van der Waals surface area contributed by atoms with Crippen molar-refractivity contribution in [2.75, 3.05) is 13.2 Å². The first-order valence-electron chi connectivity index (χ1n) is 8.65. The Morgan fingerprint density at radius 2 is 1.35 bits per heavy atom. The van der Waals surface area contributed by atoms with Gasteiger partial charge >= 0.3 is 0 Å². The Bertz CT molecular complexity index is 593. The molecule has 0 aliphatic carbocycles. The van der Waals surface area contributed by atoms with E-state index in [1.165, 1.54) is 35.1 Å². The van der Waals surface area contributed by atoms with E-state index in [4.69, 9.17) is 9.47 Å². The molecule has 1 saturated heterocycles. The molecule has 3 rings (SSSR count). The predicted molar refractivity (Wildman–Crippen MR) is 93.6 cm³/mol. The number of unbranched alkanes of at least 4 members (excludes halogenated alkanes) is 1. The first-order valence-corrected chi connectivity index (χ1v) is 8.65. The lowest BCUT2D eigenvalue weighted by molar-refractivity contribution is -0.137. The van der Waals surface area contributed by atoms with Gasteiger partial charge in [-0.2, -0.15) is 0 Å². The van der Waals surface area contributed by atoms with Crippen LogP contribution in [0.3, 0.4) is 0 Å². The molecule has 0 saturated carbocycles. The fourth-order valence-corrected chi connectivity index (χ4v) is 2.95. The maximum Gasteiger partial charge on any atom is 0.106 e. The highest BCUT2D eigenvalue weighted by Gasteiger charge is 2.24. The summed E-state index contributed by atoms with van der Waals surface area (Å²) in [5.41, 5.74) is 5.09. The Labute approximate surface area is 139 Å². The Morgan fingerprint density at radius 1 is 0.826 bits per heavy atom. The highest BCUT2D eigenvalue weighted by molar-refractivity contribution is 5.26. The van der Waals surface area contributed by atoms with Crippen LogP contribution >= 0.6 is 0 Å². The number of aryl methyl sites for hydroxylation is 2. The van der Waals surface area contributed by atoms with Crippen molar-refractivity contribution < 1.29 is 9.47 Å². The summed E-state index contributed by atoms with van der Waals surface area (Å²) in [5, 5.41) is 0. The van der Waals surface area contributed by atoms with Gasteiger partial charge in [-0.25, -0.2) is 0 Å². The topological polar surface area (TPSA) is 18.5 Å². The summed E-state index contributed by atoms with van der Waals surface area (Å²) in [6.07, 6.45) is 3.75. The summed E-state index contributed by atoms with van der Waals surface area (Å²) in [7, 11) is 0. The van der Waals surface area contributed by atoms with Crippen LogP contribution in [0.5, 0.6) is 0 Å². The van der Waals surface area contributed by atoms with E-state index in [0.29, 0.717) is 13.2 Å². The molecule has 0 radical (unpaired) electrons. The molecule has 1 heterocycles. The molecule has 0 aromatic heterocycles. The van der Waals surface area contributed by atoms with Crippen molar-refractivity contribution >= 4 is 0 Å². The van der Waals surface area contributed by atoms with Crippen molar-refractivity contribution in [1.82, 2.24) is 0 Å². The average molecular weight is 310 g/mol. The lowest BCUT2D eigenvalue weighted by atomic mass is 10.0. The Kier molecular flexibility index (Phi) is 5.47. The second kappa shape index (κ2) is 7.76. The lowest BCUT2D eigenvalue weighted by Gasteiger charge is -2.30. The molecule has 122 valence electrons. The monoisotopic (exact) mass is 310 g/mol. The first kappa shape index (κ1) is 16.2. The van der Waals surface area contributed by atoms with Crippen LogP contribution in [-0.4, -0.2) is 13.2 Å². The summed E-state index contributed by atoms with van der Waals surface area (Å²) in [4.78, 5) is 0. The van der Waals surface area contributed by atoms with Gasteiger partial charge in [0.1, 0.15) is 12.2 Å². The Hall–Kier alpha value is -1.64. The molecule has 2 nitrogen and oxygen atoms in total. The molecule has 2 aromatic rings. The van der Waals surface area contributed by atoms with E-state index in [-0.39, 0.29) is 12.2 Å². The maximum atomic E-state index is 6.06. The van der Waals surface area contributed by atoms with Gasteiger partial charge in [-0.05, 0) is 36.5 Å². The van der Waals surface area contributed by atoms with Gasteiger partial charge in [0, 0.05) is 0 Å². The molecular weight excluding hydrogens is 284 g/mol. The van der Waals surface area contributed by atoms with Gasteiger partial charge in [0.05, 0.1) is 13.2 Å². The fourth-order valence-electron chi connectivity index (χ4n) is 2.95. The summed E-state index contributed by atoms with van der Waals surface area (Å²) in [6.45, 7) is 5.56. The second-order valence-corrected chi connectivity index (χ2v) is 6.40. The maximum absolute atomic E-state index is 6.06. The molecule has 2 heteroatoms. The Balaban J connectivity index is 1.57. The number of rotatable bonds is 5. The third kappa shape index (κ3) is 4.21. The smallest absolute Gasteiger partial charge is 0.106 e. The summed E-state index contributed by atoms with van der Waals surface area (Å²) < 4.78 is 12.1. The fraction of sp³-hybridized carbons (Fsp3) is 0.429. The van der Waals surface area contributed by atoms with Gasteiger partial charge in [0.25, 0.3) is 0 Å². The van der Waals surface area contributed by atoms with Gasteiger partial charge in [0.2, 0.25) is 0 Å².